The van der Waals surface area contributed by atoms with Crippen molar-refractivity contribution in [2.24, 2.45) is 5.92 Å². The highest BCUT2D eigenvalue weighted by molar-refractivity contribution is 5.86. The summed E-state index contributed by atoms with van der Waals surface area (Å²) in [6.45, 7) is 9.36. The summed E-state index contributed by atoms with van der Waals surface area (Å²) in [6, 6.07) is 16.6. The van der Waals surface area contributed by atoms with Gasteiger partial charge >= 0.3 is 5.97 Å². The number of allylic oxidation sites excluding steroid dienone is 2. The zero-order chi connectivity index (χ0) is 29.9. The summed E-state index contributed by atoms with van der Waals surface area (Å²) >= 11 is 0. The average Bonchev–Trinajstić information content (AvgIpc) is 2.98. The largest absolute Gasteiger partial charge is 0.489 e. The van der Waals surface area contributed by atoms with Crippen LogP contribution in [0.1, 0.15) is 56.6 Å². The molecular weight excluding hydrogens is 520 g/mol. The molecule has 0 aliphatic heterocycles. The molecular formula is C33H44N2O6. The number of carbonyl (C=O) groups excluding carboxylic acids is 3. The van der Waals surface area contributed by atoms with Crippen LogP contribution in [0.3, 0.4) is 0 Å². The Kier molecular flexibility index (Phi) is 15.6. The molecule has 0 aliphatic rings. The maximum absolute atomic E-state index is 13.2. The third-order valence-corrected chi connectivity index (χ3v) is 6.42. The molecule has 0 radical (unpaired) electrons. The second-order valence-corrected chi connectivity index (χ2v) is 10.1. The van der Waals surface area contributed by atoms with Gasteiger partial charge in [0, 0.05) is 18.9 Å². The van der Waals surface area contributed by atoms with Gasteiger partial charge in [0.1, 0.15) is 19.0 Å². The Labute approximate surface area is 243 Å². The number of ether oxygens (including phenoxy) is 2. The van der Waals surface area contributed by atoms with Crippen molar-refractivity contribution in [1.82, 2.24) is 10.6 Å². The maximum atomic E-state index is 13.2. The molecule has 2 amide bonds. The first-order valence-corrected chi connectivity index (χ1v) is 14.2. The normalized spacial score (nSPS) is 12.8. The van der Waals surface area contributed by atoms with Gasteiger partial charge in [0.05, 0.1) is 18.6 Å². The first kappa shape index (κ1) is 33.3. The summed E-state index contributed by atoms with van der Waals surface area (Å²) in [6.07, 6.45) is 6.78. The van der Waals surface area contributed by atoms with E-state index in [-0.39, 0.29) is 37.4 Å². The predicted molar refractivity (Wildman–Crippen MR) is 160 cm³/mol. The van der Waals surface area contributed by atoms with Crippen molar-refractivity contribution < 1.29 is 29.0 Å². The lowest BCUT2D eigenvalue weighted by Gasteiger charge is -2.23. The molecule has 222 valence electrons. The topological polar surface area (TPSA) is 114 Å². The number of esters is 1. The second-order valence-electron chi connectivity index (χ2n) is 10.1. The second kappa shape index (κ2) is 19.2. The van der Waals surface area contributed by atoms with Crippen LogP contribution in [0.2, 0.25) is 0 Å². The number of carbonyl (C=O) groups is 3. The molecule has 8 nitrogen and oxygen atoms in total. The summed E-state index contributed by atoms with van der Waals surface area (Å²) in [7, 11) is 0. The SMILES string of the molecule is C=CCCCCC(=O)OCC(Cc1ccc(OCc2ccccc2)cc1)NC(=O)C(CC=C)CC(=O)NC(C)CO. The van der Waals surface area contributed by atoms with Crippen LogP contribution in [0, 0.1) is 5.92 Å². The molecule has 0 aliphatic carbocycles. The van der Waals surface area contributed by atoms with Gasteiger partial charge in [-0.15, -0.1) is 13.2 Å². The Morgan fingerprint density at radius 3 is 2.34 bits per heavy atom. The van der Waals surface area contributed by atoms with Crippen LogP contribution in [0.15, 0.2) is 79.9 Å². The fourth-order valence-electron chi connectivity index (χ4n) is 4.13. The van der Waals surface area contributed by atoms with Gasteiger partial charge in [-0.3, -0.25) is 14.4 Å². The first-order chi connectivity index (χ1) is 19.8. The molecule has 41 heavy (non-hydrogen) atoms. The number of aliphatic hydroxyl groups excluding tert-OH is 1. The zero-order valence-corrected chi connectivity index (χ0v) is 24.1. The molecule has 0 aromatic heterocycles. The van der Waals surface area contributed by atoms with E-state index < -0.39 is 18.0 Å². The van der Waals surface area contributed by atoms with Crippen LogP contribution in [0.4, 0.5) is 0 Å². The summed E-state index contributed by atoms with van der Waals surface area (Å²) in [5.74, 6) is -0.908. The number of aliphatic hydroxyl groups is 1. The van der Waals surface area contributed by atoms with E-state index in [0.717, 1.165) is 29.7 Å². The van der Waals surface area contributed by atoms with Gasteiger partial charge in [-0.2, -0.15) is 0 Å². The van der Waals surface area contributed by atoms with Crippen LogP contribution in [0.25, 0.3) is 0 Å². The van der Waals surface area contributed by atoms with Crippen LogP contribution < -0.4 is 15.4 Å². The summed E-state index contributed by atoms with van der Waals surface area (Å²) < 4.78 is 11.4. The molecule has 3 atom stereocenters. The van der Waals surface area contributed by atoms with Crippen molar-refractivity contribution in [3.8, 4) is 5.75 Å². The Morgan fingerprint density at radius 2 is 1.68 bits per heavy atom. The molecule has 0 saturated heterocycles. The predicted octanol–water partition coefficient (Wildman–Crippen LogP) is 4.66. The smallest absolute Gasteiger partial charge is 0.305 e. The van der Waals surface area contributed by atoms with Gasteiger partial charge < -0.3 is 25.2 Å². The van der Waals surface area contributed by atoms with E-state index in [1.54, 1.807) is 13.0 Å². The highest BCUT2D eigenvalue weighted by atomic mass is 16.5. The van der Waals surface area contributed by atoms with Crippen molar-refractivity contribution in [2.45, 2.75) is 70.6 Å². The molecule has 0 heterocycles. The van der Waals surface area contributed by atoms with Crippen LogP contribution in [0.5, 0.6) is 5.75 Å². The Balaban J connectivity index is 2.04. The van der Waals surface area contributed by atoms with Gasteiger partial charge in [-0.25, -0.2) is 0 Å². The van der Waals surface area contributed by atoms with Gasteiger partial charge in [-0.1, -0.05) is 54.6 Å². The van der Waals surface area contributed by atoms with E-state index in [4.69, 9.17) is 9.47 Å². The van der Waals surface area contributed by atoms with Crippen LogP contribution in [-0.4, -0.2) is 48.2 Å². The lowest BCUT2D eigenvalue weighted by Crippen LogP contribution is -2.45. The van der Waals surface area contributed by atoms with Crippen molar-refractivity contribution in [3.05, 3.63) is 91.0 Å². The zero-order valence-electron chi connectivity index (χ0n) is 24.1. The average molecular weight is 565 g/mol. The van der Waals surface area contributed by atoms with Crippen molar-refractivity contribution in [1.29, 1.82) is 0 Å². The summed E-state index contributed by atoms with van der Waals surface area (Å²) in [5.41, 5.74) is 2.00. The molecule has 0 bridgehead atoms. The van der Waals surface area contributed by atoms with E-state index >= 15 is 0 Å². The van der Waals surface area contributed by atoms with Crippen molar-refractivity contribution in [2.75, 3.05) is 13.2 Å². The Bertz CT molecular complexity index is 1090. The lowest BCUT2D eigenvalue weighted by molar-refractivity contribution is -0.145. The van der Waals surface area contributed by atoms with E-state index in [9.17, 15) is 19.5 Å². The van der Waals surface area contributed by atoms with E-state index in [1.165, 1.54) is 0 Å². The minimum absolute atomic E-state index is 0.00679. The molecule has 0 saturated carbocycles. The molecule has 2 aromatic carbocycles. The monoisotopic (exact) mass is 564 g/mol. The molecule has 8 heteroatoms. The summed E-state index contributed by atoms with van der Waals surface area (Å²) in [5, 5.41) is 14.9. The molecule has 2 aromatic rings. The van der Waals surface area contributed by atoms with Gasteiger partial charge in [0.15, 0.2) is 0 Å². The van der Waals surface area contributed by atoms with Crippen molar-refractivity contribution in [3.63, 3.8) is 0 Å². The van der Waals surface area contributed by atoms with Gasteiger partial charge in [0.25, 0.3) is 0 Å². The standard InChI is InChI=1S/C33H44N2O6/c1-4-6-7-11-15-32(38)41-24-29(35-33(39)28(12-5-2)21-31(37)34-25(3)22-36)20-26-16-18-30(19-17-26)40-23-27-13-9-8-10-14-27/h4-5,8-10,13-14,16-19,25,28-29,36H,1-2,6-7,11-12,15,20-24H2,3H3,(H,34,37)(H,35,39). The third kappa shape index (κ3) is 13.8. The van der Waals surface area contributed by atoms with Crippen molar-refractivity contribution >= 4 is 17.8 Å². The Hall–Kier alpha value is -3.91. The number of rotatable bonds is 20. The number of hydrogen-bond donors (Lipinski definition) is 3. The van der Waals surface area contributed by atoms with E-state index in [0.29, 0.717) is 32.3 Å². The first-order valence-electron chi connectivity index (χ1n) is 14.2. The number of benzene rings is 2. The molecule has 0 spiro atoms. The third-order valence-electron chi connectivity index (χ3n) is 6.42. The molecule has 3 unspecified atom stereocenters. The maximum Gasteiger partial charge on any atom is 0.305 e. The lowest BCUT2D eigenvalue weighted by atomic mass is 9.98. The fourth-order valence-corrected chi connectivity index (χ4v) is 4.13. The minimum atomic E-state index is -0.649. The molecule has 2 rings (SSSR count). The minimum Gasteiger partial charge on any atom is -0.489 e. The van der Waals surface area contributed by atoms with E-state index in [2.05, 4.69) is 23.8 Å². The van der Waals surface area contributed by atoms with Gasteiger partial charge in [0.2, 0.25) is 11.8 Å². The number of unbranched alkanes of at least 4 members (excludes halogenated alkanes) is 2. The fraction of sp³-hybridized carbons (Fsp3) is 0.424. The number of amides is 2. The van der Waals surface area contributed by atoms with E-state index in [1.807, 2.05) is 60.7 Å². The highest BCUT2D eigenvalue weighted by Crippen LogP contribution is 2.17. The number of hydrogen-bond acceptors (Lipinski definition) is 6. The highest BCUT2D eigenvalue weighted by Gasteiger charge is 2.25. The molecule has 3 N–H and O–H groups in total. The molecule has 0 fully saturated rings. The quantitative estimate of drug-likeness (QED) is 0.122. The van der Waals surface area contributed by atoms with Crippen LogP contribution >= 0.6 is 0 Å². The number of nitrogens with one attached hydrogen (secondary N) is 2. The van der Waals surface area contributed by atoms with Gasteiger partial charge in [-0.05, 0) is 62.3 Å². The summed E-state index contributed by atoms with van der Waals surface area (Å²) in [4.78, 5) is 38.0. The van der Waals surface area contributed by atoms with Crippen LogP contribution in [-0.2, 0) is 32.1 Å². The Morgan fingerprint density at radius 1 is 0.951 bits per heavy atom.